The van der Waals surface area contributed by atoms with Crippen LogP contribution in [0, 0.1) is 5.92 Å². The summed E-state index contributed by atoms with van der Waals surface area (Å²) in [6.45, 7) is 1.28. The Kier molecular flexibility index (Phi) is 4.37. The Bertz CT molecular complexity index is 647. The molecular formula is C16H20N4O2. The summed E-state index contributed by atoms with van der Waals surface area (Å²) in [5.74, 6) is 1.16. The number of nitrogens with zero attached hydrogens (tertiary/aromatic N) is 1. The maximum absolute atomic E-state index is 11.9. The molecule has 22 heavy (non-hydrogen) atoms. The number of rotatable bonds is 5. The van der Waals surface area contributed by atoms with Gasteiger partial charge in [-0.05, 0) is 24.5 Å². The van der Waals surface area contributed by atoms with Crippen molar-refractivity contribution in [3.63, 3.8) is 0 Å². The summed E-state index contributed by atoms with van der Waals surface area (Å²) in [5, 5.41) is 5.71. The Labute approximate surface area is 128 Å². The third kappa shape index (κ3) is 3.63. The SMILES string of the molecule is O=C(CCc1nc2ccccc2[nH]1)NCC1CCNC(=O)C1. The molecule has 1 aliphatic heterocycles. The quantitative estimate of drug-likeness (QED) is 0.774. The van der Waals surface area contributed by atoms with Crippen molar-refractivity contribution in [1.82, 2.24) is 20.6 Å². The molecule has 0 spiro atoms. The van der Waals surface area contributed by atoms with Crippen LogP contribution in [0.15, 0.2) is 24.3 Å². The number of hydrogen-bond acceptors (Lipinski definition) is 3. The van der Waals surface area contributed by atoms with Gasteiger partial charge >= 0.3 is 0 Å². The fourth-order valence-corrected chi connectivity index (χ4v) is 2.73. The zero-order valence-electron chi connectivity index (χ0n) is 12.4. The number of amides is 2. The number of fused-ring (bicyclic) bond motifs is 1. The molecule has 6 nitrogen and oxygen atoms in total. The number of carbonyl (C=O) groups is 2. The normalized spacial score (nSPS) is 18.2. The summed E-state index contributed by atoms with van der Waals surface area (Å²) in [6.07, 6.45) is 2.42. The summed E-state index contributed by atoms with van der Waals surface area (Å²) in [5.41, 5.74) is 1.91. The fraction of sp³-hybridized carbons (Fsp3) is 0.438. The topological polar surface area (TPSA) is 86.9 Å². The Hall–Kier alpha value is -2.37. The summed E-state index contributed by atoms with van der Waals surface area (Å²) in [4.78, 5) is 30.9. The number of aryl methyl sites for hydroxylation is 1. The molecule has 0 saturated carbocycles. The second kappa shape index (κ2) is 6.60. The molecule has 1 aromatic carbocycles. The van der Waals surface area contributed by atoms with Crippen molar-refractivity contribution in [2.24, 2.45) is 5.92 Å². The Balaban J connectivity index is 1.44. The van der Waals surface area contributed by atoms with Crippen LogP contribution in [0.3, 0.4) is 0 Å². The monoisotopic (exact) mass is 300 g/mol. The van der Waals surface area contributed by atoms with Gasteiger partial charge in [0.05, 0.1) is 11.0 Å². The van der Waals surface area contributed by atoms with Gasteiger partial charge in [-0.2, -0.15) is 0 Å². The molecule has 0 aliphatic carbocycles. The smallest absolute Gasteiger partial charge is 0.220 e. The van der Waals surface area contributed by atoms with Gasteiger partial charge in [-0.15, -0.1) is 0 Å². The average molecular weight is 300 g/mol. The van der Waals surface area contributed by atoms with Crippen LogP contribution < -0.4 is 10.6 Å². The number of aromatic nitrogens is 2. The standard InChI is InChI=1S/C16H20N4O2/c21-15(18-10-11-7-8-17-16(22)9-11)6-5-14-19-12-3-1-2-4-13(12)20-14/h1-4,11H,5-10H2,(H,17,22)(H,18,21)(H,19,20). The first kappa shape index (κ1) is 14.6. The predicted octanol–water partition coefficient (Wildman–Crippen LogP) is 1.14. The number of carbonyl (C=O) groups excluding carboxylic acids is 2. The molecule has 1 aromatic heterocycles. The zero-order chi connectivity index (χ0) is 15.4. The van der Waals surface area contributed by atoms with Crippen molar-refractivity contribution < 1.29 is 9.59 Å². The summed E-state index contributed by atoms with van der Waals surface area (Å²) in [7, 11) is 0. The molecule has 1 fully saturated rings. The van der Waals surface area contributed by atoms with Crippen LogP contribution >= 0.6 is 0 Å². The molecule has 0 bridgehead atoms. The van der Waals surface area contributed by atoms with Gasteiger partial charge < -0.3 is 15.6 Å². The minimum absolute atomic E-state index is 0.00596. The van der Waals surface area contributed by atoms with E-state index in [1.807, 2.05) is 24.3 Å². The van der Waals surface area contributed by atoms with Crippen LogP contribution in [0.25, 0.3) is 11.0 Å². The summed E-state index contributed by atoms with van der Waals surface area (Å²) >= 11 is 0. The number of para-hydroxylation sites is 2. The van der Waals surface area contributed by atoms with Crippen LogP contribution in [-0.2, 0) is 16.0 Å². The molecule has 116 valence electrons. The number of aromatic amines is 1. The molecule has 1 saturated heterocycles. The van der Waals surface area contributed by atoms with Gasteiger partial charge in [-0.3, -0.25) is 9.59 Å². The van der Waals surface area contributed by atoms with E-state index in [-0.39, 0.29) is 17.7 Å². The largest absolute Gasteiger partial charge is 0.356 e. The molecule has 3 N–H and O–H groups in total. The van der Waals surface area contributed by atoms with Gasteiger partial charge in [0.1, 0.15) is 5.82 Å². The van der Waals surface area contributed by atoms with E-state index in [2.05, 4.69) is 20.6 Å². The minimum Gasteiger partial charge on any atom is -0.356 e. The third-order valence-electron chi connectivity index (χ3n) is 3.96. The Morgan fingerprint density at radius 2 is 2.23 bits per heavy atom. The van der Waals surface area contributed by atoms with Crippen molar-refractivity contribution in [3.8, 4) is 0 Å². The first-order chi connectivity index (χ1) is 10.7. The van der Waals surface area contributed by atoms with E-state index in [1.54, 1.807) is 0 Å². The van der Waals surface area contributed by atoms with Crippen molar-refractivity contribution in [1.29, 1.82) is 0 Å². The van der Waals surface area contributed by atoms with E-state index in [4.69, 9.17) is 0 Å². The number of hydrogen-bond donors (Lipinski definition) is 3. The second-order valence-corrected chi connectivity index (χ2v) is 5.71. The molecule has 2 aromatic rings. The summed E-state index contributed by atoms with van der Waals surface area (Å²) in [6, 6.07) is 7.82. The van der Waals surface area contributed by atoms with Crippen LogP contribution in [0.4, 0.5) is 0 Å². The highest BCUT2D eigenvalue weighted by Crippen LogP contribution is 2.12. The van der Waals surface area contributed by atoms with Crippen molar-refractivity contribution in [2.45, 2.75) is 25.7 Å². The molecule has 2 amide bonds. The number of nitrogens with one attached hydrogen (secondary N) is 3. The molecule has 1 aliphatic rings. The Morgan fingerprint density at radius 3 is 3.05 bits per heavy atom. The lowest BCUT2D eigenvalue weighted by atomic mass is 9.97. The lowest BCUT2D eigenvalue weighted by Gasteiger charge is -2.22. The van der Waals surface area contributed by atoms with E-state index in [0.29, 0.717) is 32.4 Å². The molecule has 1 atom stereocenters. The number of benzene rings is 1. The highest BCUT2D eigenvalue weighted by molar-refractivity contribution is 5.78. The van der Waals surface area contributed by atoms with E-state index in [1.165, 1.54) is 0 Å². The van der Waals surface area contributed by atoms with Gasteiger partial charge in [0.2, 0.25) is 11.8 Å². The first-order valence-corrected chi connectivity index (χ1v) is 7.68. The van der Waals surface area contributed by atoms with E-state index >= 15 is 0 Å². The zero-order valence-corrected chi connectivity index (χ0v) is 12.4. The molecule has 6 heteroatoms. The lowest BCUT2D eigenvalue weighted by Crippen LogP contribution is -2.39. The lowest BCUT2D eigenvalue weighted by molar-refractivity contribution is -0.125. The molecular weight excluding hydrogens is 280 g/mol. The van der Waals surface area contributed by atoms with Crippen molar-refractivity contribution in [2.75, 3.05) is 13.1 Å². The van der Waals surface area contributed by atoms with Gasteiger partial charge in [-0.1, -0.05) is 12.1 Å². The predicted molar refractivity (Wildman–Crippen MR) is 83.2 cm³/mol. The van der Waals surface area contributed by atoms with Crippen LogP contribution in [-0.4, -0.2) is 34.9 Å². The van der Waals surface area contributed by atoms with Crippen LogP contribution in [0.1, 0.15) is 25.1 Å². The Morgan fingerprint density at radius 1 is 1.36 bits per heavy atom. The molecule has 3 rings (SSSR count). The van der Waals surface area contributed by atoms with Crippen LogP contribution in [0.5, 0.6) is 0 Å². The highest BCUT2D eigenvalue weighted by Gasteiger charge is 2.19. The minimum atomic E-state index is 0.00596. The molecule has 0 radical (unpaired) electrons. The van der Waals surface area contributed by atoms with Gasteiger partial charge in [-0.25, -0.2) is 4.98 Å². The van der Waals surface area contributed by atoms with Crippen LogP contribution in [0.2, 0.25) is 0 Å². The average Bonchev–Trinajstić information content (AvgIpc) is 2.94. The molecule has 2 heterocycles. The molecule has 1 unspecified atom stereocenters. The van der Waals surface area contributed by atoms with E-state index in [0.717, 1.165) is 23.3 Å². The van der Waals surface area contributed by atoms with E-state index < -0.39 is 0 Å². The van der Waals surface area contributed by atoms with Gasteiger partial charge in [0, 0.05) is 32.4 Å². The highest BCUT2D eigenvalue weighted by atomic mass is 16.2. The van der Waals surface area contributed by atoms with Crippen molar-refractivity contribution >= 4 is 22.8 Å². The van der Waals surface area contributed by atoms with Gasteiger partial charge in [0.15, 0.2) is 0 Å². The first-order valence-electron chi connectivity index (χ1n) is 7.68. The number of piperidine rings is 1. The maximum atomic E-state index is 11.9. The van der Waals surface area contributed by atoms with Crippen molar-refractivity contribution in [3.05, 3.63) is 30.1 Å². The third-order valence-corrected chi connectivity index (χ3v) is 3.96. The summed E-state index contributed by atoms with van der Waals surface area (Å²) < 4.78 is 0. The fourth-order valence-electron chi connectivity index (χ4n) is 2.73. The number of imidazole rings is 1. The maximum Gasteiger partial charge on any atom is 0.220 e. The van der Waals surface area contributed by atoms with E-state index in [9.17, 15) is 9.59 Å². The van der Waals surface area contributed by atoms with Gasteiger partial charge in [0.25, 0.3) is 0 Å². The number of H-pyrrole nitrogens is 1. The second-order valence-electron chi connectivity index (χ2n) is 5.71.